The molecule has 0 fully saturated rings. The van der Waals surface area contributed by atoms with Gasteiger partial charge >= 0.3 is 17.9 Å². The number of unbranched alkanes of at least 4 members (excludes halogenated alkanes) is 23. The molecule has 0 aromatic rings. The van der Waals surface area contributed by atoms with Crippen molar-refractivity contribution in [1.82, 2.24) is 0 Å². The highest BCUT2D eigenvalue weighted by atomic mass is 16.6. The lowest BCUT2D eigenvalue weighted by atomic mass is 10.1. The fourth-order valence-electron chi connectivity index (χ4n) is 7.31. The summed E-state index contributed by atoms with van der Waals surface area (Å²) >= 11 is 0. The summed E-state index contributed by atoms with van der Waals surface area (Å²) in [5.74, 6) is -0.938. The van der Waals surface area contributed by atoms with E-state index in [4.69, 9.17) is 14.2 Å². The molecule has 1 unspecified atom stereocenters. The molecular weight excluding hydrogens is 817 g/mol. The van der Waals surface area contributed by atoms with Crippen molar-refractivity contribution in [2.45, 2.75) is 252 Å². The number of carbonyl (C=O) groups excluding carboxylic acids is 3. The lowest BCUT2D eigenvalue weighted by molar-refractivity contribution is -0.167. The van der Waals surface area contributed by atoms with Gasteiger partial charge in [0.05, 0.1) is 0 Å². The first-order valence-electron chi connectivity index (χ1n) is 27.3. The molecule has 6 nitrogen and oxygen atoms in total. The summed E-state index contributed by atoms with van der Waals surface area (Å²) in [6.45, 7) is 6.35. The Morgan fingerprint density at radius 2 is 0.667 bits per heavy atom. The van der Waals surface area contributed by atoms with Crippen LogP contribution in [-0.2, 0) is 28.6 Å². The van der Waals surface area contributed by atoms with Gasteiger partial charge < -0.3 is 14.2 Å². The zero-order valence-corrected chi connectivity index (χ0v) is 42.9. The Balaban J connectivity index is 4.44. The Hall–Kier alpha value is -3.67. The Morgan fingerprint density at radius 3 is 1.11 bits per heavy atom. The molecule has 0 spiro atoms. The Kier molecular flexibility index (Phi) is 50.9. The van der Waals surface area contributed by atoms with Crippen LogP contribution in [0.2, 0.25) is 0 Å². The summed E-state index contributed by atoms with van der Waals surface area (Å²) in [7, 11) is 0. The molecule has 0 N–H and O–H groups in total. The number of rotatable bonds is 48. The van der Waals surface area contributed by atoms with Crippen LogP contribution in [0.1, 0.15) is 245 Å². The minimum Gasteiger partial charge on any atom is -0.462 e. The molecule has 0 heterocycles. The maximum Gasteiger partial charge on any atom is 0.306 e. The normalized spacial score (nSPS) is 12.8. The van der Waals surface area contributed by atoms with Crippen molar-refractivity contribution in [3.63, 3.8) is 0 Å². The molecule has 0 saturated heterocycles. The number of esters is 3. The van der Waals surface area contributed by atoms with Crippen molar-refractivity contribution in [3.8, 4) is 0 Å². The average Bonchev–Trinajstić information content (AvgIpc) is 3.31. The minimum absolute atomic E-state index is 0.0959. The number of carbonyl (C=O) groups is 3. The van der Waals surface area contributed by atoms with Gasteiger partial charge in [0.1, 0.15) is 13.2 Å². The third-order valence-electron chi connectivity index (χ3n) is 11.4. The van der Waals surface area contributed by atoms with Gasteiger partial charge in [-0.3, -0.25) is 14.4 Å². The fourth-order valence-corrected chi connectivity index (χ4v) is 7.31. The standard InChI is InChI=1S/C60H100O6/c1-4-7-10-13-16-19-22-25-27-29-30-31-33-35-38-41-44-47-50-53-59(62)65-56-57(55-64-58(61)52-49-46-43-40-37-34-24-21-18-15-12-9-6-3)66-60(63)54-51-48-45-42-39-36-32-28-26-23-20-17-14-11-8-5-2/h7,9-10,12,15-16,18-19,21,24-25,27-28,30-32,57H,4-6,8,11,13-14,17,20,22-23,26,29,33-56H2,1-3H3/b10-7-,12-9-,18-15-,19-16-,24-21-,27-25-,31-30-,32-28-. The summed E-state index contributed by atoms with van der Waals surface area (Å²) in [6.07, 6.45) is 71.0. The van der Waals surface area contributed by atoms with Gasteiger partial charge in [0.25, 0.3) is 0 Å². The molecule has 1 atom stereocenters. The average molecular weight is 917 g/mol. The van der Waals surface area contributed by atoms with E-state index >= 15 is 0 Å². The van der Waals surface area contributed by atoms with E-state index < -0.39 is 6.10 Å². The van der Waals surface area contributed by atoms with Crippen molar-refractivity contribution in [2.75, 3.05) is 13.2 Å². The van der Waals surface area contributed by atoms with E-state index in [1.165, 1.54) is 70.6 Å². The van der Waals surface area contributed by atoms with Crippen molar-refractivity contribution < 1.29 is 28.6 Å². The van der Waals surface area contributed by atoms with E-state index in [2.05, 4.69) is 118 Å². The van der Waals surface area contributed by atoms with E-state index in [0.717, 1.165) is 135 Å². The number of ether oxygens (including phenoxy) is 3. The summed E-state index contributed by atoms with van der Waals surface area (Å²) in [4.78, 5) is 38.1. The summed E-state index contributed by atoms with van der Waals surface area (Å²) in [5, 5.41) is 0. The molecule has 376 valence electrons. The second kappa shape index (κ2) is 53.9. The monoisotopic (exact) mass is 917 g/mol. The first kappa shape index (κ1) is 62.3. The van der Waals surface area contributed by atoms with Crippen LogP contribution < -0.4 is 0 Å². The van der Waals surface area contributed by atoms with Crippen molar-refractivity contribution in [3.05, 3.63) is 97.2 Å². The molecule has 0 amide bonds. The highest BCUT2D eigenvalue weighted by molar-refractivity contribution is 5.71. The highest BCUT2D eigenvalue weighted by Gasteiger charge is 2.19. The molecule has 0 aliphatic rings. The third kappa shape index (κ3) is 51.3. The SMILES string of the molecule is CC\C=C/C=C\C=C/CCCCCCCC(=O)OCC(COC(=O)CCCCCCCC/C=C\C/C=C\C/C=C\C/C=C\CC)OC(=O)CCCCCCC/C=C\CCCCCCCCC. The smallest absolute Gasteiger partial charge is 0.306 e. The summed E-state index contributed by atoms with van der Waals surface area (Å²) in [6, 6.07) is 0. The van der Waals surface area contributed by atoms with Crippen LogP contribution in [0.3, 0.4) is 0 Å². The molecule has 0 rings (SSSR count). The fraction of sp³-hybridized carbons (Fsp3) is 0.683. The Labute approximate surface area is 407 Å². The van der Waals surface area contributed by atoms with E-state index in [1.54, 1.807) is 0 Å². The summed E-state index contributed by atoms with van der Waals surface area (Å²) < 4.78 is 16.8. The van der Waals surface area contributed by atoms with Crippen LogP contribution in [0, 0.1) is 0 Å². The van der Waals surface area contributed by atoms with E-state index in [-0.39, 0.29) is 31.1 Å². The zero-order valence-electron chi connectivity index (χ0n) is 42.9. The van der Waals surface area contributed by atoms with Gasteiger partial charge in [-0.15, -0.1) is 0 Å². The van der Waals surface area contributed by atoms with Crippen LogP contribution >= 0.6 is 0 Å². The van der Waals surface area contributed by atoms with E-state index in [1.807, 2.05) is 0 Å². The lowest BCUT2D eigenvalue weighted by Crippen LogP contribution is -2.30. The zero-order chi connectivity index (χ0) is 47.9. The van der Waals surface area contributed by atoms with Crippen molar-refractivity contribution >= 4 is 17.9 Å². The molecule has 0 bridgehead atoms. The quantitative estimate of drug-likeness (QED) is 0.0199. The van der Waals surface area contributed by atoms with Crippen molar-refractivity contribution in [2.24, 2.45) is 0 Å². The molecule has 0 aliphatic carbocycles. The topological polar surface area (TPSA) is 78.9 Å². The molecule has 0 radical (unpaired) electrons. The minimum atomic E-state index is -0.797. The van der Waals surface area contributed by atoms with Gasteiger partial charge in [0.15, 0.2) is 6.10 Å². The second-order valence-electron chi connectivity index (χ2n) is 17.8. The molecule has 0 aromatic heterocycles. The molecule has 0 aromatic carbocycles. The maximum absolute atomic E-state index is 12.8. The van der Waals surface area contributed by atoms with Gasteiger partial charge in [-0.25, -0.2) is 0 Å². The van der Waals surface area contributed by atoms with Gasteiger partial charge in [-0.1, -0.05) is 221 Å². The Morgan fingerprint density at radius 1 is 0.333 bits per heavy atom. The van der Waals surface area contributed by atoms with Gasteiger partial charge in [0.2, 0.25) is 0 Å². The predicted octanol–water partition coefficient (Wildman–Crippen LogP) is 18.1. The van der Waals surface area contributed by atoms with Crippen LogP contribution in [0.25, 0.3) is 0 Å². The maximum atomic E-state index is 12.8. The van der Waals surface area contributed by atoms with Gasteiger partial charge in [-0.2, -0.15) is 0 Å². The molecule has 0 saturated carbocycles. The number of hydrogen-bond acceptors (Lipinski definition) is 6. The number of hydrogen-bond donors (Lipinski definition) is 0. The van der Waals surface area contributed by atoms with Crippen LogP contribution in [0.4, 0.5) is 0 Å². The van der Waals surface area contributed by atoms with Crippen molar-refractivity contribution in [1.29, 1.82) is 0 Å². The molecular formula is C60H100O6. The van der Waals surface area contributed by atoms with Crippen LogP contribution in [-0.4, -0.2) is 37.2 Å². The predicted molar refractivity (Wildman–Crippen MR) is 284 cm³/mol. The number of allylic oxidation sites excluding steroid dienone is 16. The first-order chi connectivity index (χ1) is 32.5. The van der Waals surface area contributed by atoms with E-state index in [0.29, 0.717) is 19.3 Å². The third-order valence-corrected chi connectivity index (χ3v) is 11.4. The molecule has 66 heavy (non-hydrogen) atoms. The Bertz CT molecular complexity index is 1330. The highest BCUT2D eigenvalue weighted by Crippen LogP contribution is 2.14. The molecule has 6 heteroatoms. The molecule has 0 aliphatic heterocycles. The van der Waals surface area contributed by atoms with Crippen LogP contribution in [0.5, 0.6) is 0 Å². The van der Waals surface area contributed by atoms with Gasteiger partial charge in [-0.05, 0) is 103 Å². The second-order valence-corrected chi connectivity index (χ2v) is 17.8. The van der Waals surface area contributed by atoms with E-state index in [9.17, 15) is 14.4 Å². The van der Waals surface area contributed by atoms with Gasteiger partial charge in [0, 0.05) is 19.3 Å². The summed E-state index contributed by atoms with van der Waals surface area (Å²) in [5.41, 5.74) is 0. The van der Waals surface area contributed by atoms with Crippen LogP contribution in [0.15, 0.2) is 97.2 Å². The first-order valence-corrected chi connectivity index (χ1v) is 27.3. The lowest BCUT2D eigenvalue weighted by Gasteiger charge is -2.18. The largest absolute Gasteiger partial charge is 0.462 e.